The molecule has 1 aliphatic heterocycles. The zero-order chi connectivity index (χ0) is 19.7. The van der Waals surface area contributed by atoms with Gasteiger partial charge < -0.3 is 4.74 Å². The van der Waals surface area contributed by atoms with Crippen LogP contribution in [0.3, 0.4) is 0 Å². The van der Waals surface area contributed by atoms with Crippen LogP contribution >= 0.6 is 23.2 Å². The molecular weight excluding hydrogens is 389 g/mol. The maximum Gasteiger partial charge on any atom is 0.0981 e. The zero-order valence-corrected chi connectivity index (χ0v) is 17.5. The number of nitrogens with zero attached hydrogens (tertiary/aromatic N) is 1. The molecule has 0 fully saturated rings. The number of hydrogen-bond acceptors (Lipinski definition) is 2. The standard InChI is InChI=1S/C24H23Cl2NO/c1-16-24(17-6-4-3-5-7-17)28-15-19-13-21(26)9-11-23(19)22-10-8-20(25)12-18(22)14-27(16)2/h3-13,16,24H,14-15H2,1-2H3/t16?,24-/m1/s1. The molecule has 0 aromatic heterocycles. The molecule has 0 saturated heterocycles. The fourth-order valence-electron chi connectivity index (χ4n) is 3.88. The van der Waals surface area contributed by atoms with Crippen molar-refractivity contribution in [2.75, 3.05) is 7.05 Å². The predicted octanol–water partition coefficient (Wildman–Crippen LogP) is 6.75. The van der Waals surface area contributed by atoms with Crippen molar-refractivity contribution in [3.8, 4) is 11.1 Å². The van der Waals surface area contributed by atoms with Crippen LogP contribution in [0.2, 0.25) is 10.0 Å². The molecule has 3 aromatic carbocycles. The van der Waals surface area contributed by atoms with Gasteiger partial charge in [0.15, 0.2) is 0 Å². The van der Waals surface area contributed by atoms with Crippen molar-refractivity contribution in [1.82, 2.24) is 4.90 Å². The number of likely N-dealkylation sites (N-methyl/N-ethyl adjacent to an activating group) is 1. The molecule has 4 rings (SSSR count). The molecule has 0 spiro atoms. The molecule has 2 nitrogen and oxygen atoms in total. The molecule has 144 valence electrons. The molecule has 2 atom stereocenters. The third-order valence-electron chi connectivity index (χ3n) is 5.52. The SMILES string of the molecule is CC1[C@H](c2ccccc2)OCc2cc(Cl)ccc2-c2ccc(Cl)cc2CN1C. The van der Waals surface area contributed by atoms with Crippen molar-refractivity contribution in [2.45, 2.75) is 32.2 Å². The molecule has 28 heavy (non-hydrogen) atoms. The van der Waals surface area contributed by atoms with E-state index in [0.717, 1.165) is 27.7 Å². The van der Waals surface area contributed by atoms with Gasteiger partial charge in [-0.15, -0.1) is 0 Å². The predicted molar refractivity (Wildman–Crippen MR) is 117 cm³/mol. The first-order valence-electron chi connectivity index (χ1n) is 9.47. The Balaban J connectivity index is 1.84. The highest BCUT2D eigenvalue weighted by Gasteiger charge is 2.26. The van der Waals surface area contributed by atoms with Crippen LogP contribution in [-0.4, -0.2) is 18.0 Å². The summed E-state index contributed by atoms with van der Waals surface area (Å²) in [5, 5.41) is 1.47. The van der Waals surface area contributed by atoms with Gasteiger partial charge in [-0.25, -0.2) is 0 Å². The first-order valence-corrected chi connectivity index (χ1v) is 10.2. The van der Waals surface area contributed by atoms with E-state index in [9.17, 15) is 0 Å². The van der Waals surface area contributed by atoms with Crippen molar-refractivity contribution < 1.29 is 4.74 Å². The molecule has 0 aliphatic carbocycles. The van der Waals surface area contributed by atoms with Gasteiger partial charge in [-0.3, -0.25) is 4.90 Å². The molecule has 3 aromatic rings. The second-order valence-corrected chi connectivity index (χ2v) is 8.27. The Morgan fingerprint density at radius 3 is 2.14 bits per heavy atom. The minimum absolute atomic E-state index is 0.0428. The Morgan fingerprint density at radius 2 is 1.46 bits per heavy atom. The van der Waals surface area contributed by atoms with Gasteiger partial charge in [-0.2, -0.15) is 0 Å². The lowest BCUT2D eigenvalue weighted by Crippen LogP contribution is -2.35. The number of fused-ring (bicyclic) bond motifs is 3. The van der Waals surface area contributed by atoms with Gasteiger partial charge in [-0.05, 0) is 66.1 Å². The van der Waals surface area contributed by atoms with Crippen LogP contribution in [0.1, 0.15) is 29.7 Å². The summed E-state index contributed by atoms with van der Waals surface area (Å²) in [6, 6.07) is 22.7. The topological polar surface area (TPSA) is 12.5 Å². The molecule has 1 aliphatic rings. The van der Waals surface area contributed by atoms with Crippen LogP contribution in [0.5, 0.6) is 0 Å². The second-order valence-electron chi connectivity index (χ2n) is 7.40. The molecule has 0 radical (unpaired) electrons. The van der Waals surface area contributed by atoms with Crippen molar-refractivity contribution >= 4 is 23.2 Å². The molecule has 0 amide bonds. The van der Waals surface area contributed by atoms with Crippen LogP contribution in [0.4, 0.5) is 0 Å². The Labute approximate surface area is 176 Å². The number of hydrogen-bond donors (Lipinski definition) is 0. The third-order valence-corrected chi connectivity index (χ3v) is 5.99. The third kappa shape index (κ3) is 3.97. The van der Waals surface area contributed by atoms with Gasteiger partial charge in [0.1, 0.15) is 0 Å². The summed E-state index contributed by atoms with van der Waals surface area (Å²) in [6.45, 7) is 3.49. The van der Waals surface area contributed by atoms with E-state index in [1.54, 1.807) is 0 Å². The summed E-state index contributed by atoms with van der Waals surface area (Å²) in [7, 11) is 2.14. The van der Waals surface area contributed by atoms with Gasteiger partial charge >= 0.3 is 0 Å². The molecule has 0 bridgehead atoms. The van der Waals surface area contributed by atoms with Crippen molar-refractivity contribution in [2.24, 2.45) is 0 Å². The van der Waals surface area contributed by atoms with Crippen molar-refractivity contribution in [3.63, 3.8) is 0 Å². The maximum atomic E-state index is 6.48. The quantitative estimate of drug-likeness (QED) is 0.438. The fraction of sp³-hybridized carbons (Fsp3) is 0.250. The van der Waals surface area contributed by atoms with E-state index >= 15 is 0 Å². The summed E-state index contributed by atoms with van der Waals surface area (Å²) in [5.41, 5.74) is 5.80. The van der Waals surface area contributed by atoms with Crippen LogP contribution in [0, 0.1) is 0 Å². The van der Waals surface area contributed by atoms with E-state index in [1.807, 2.05) is 24.3 Å². The van der Waals surface area contributed by atoms with Gasteiger partial charge in [0, 0.05) is 22.6 Å². The first kappa shape index (κ1) is 19.5. The largest absolute Gasteiger partial charge is 0.367 e. The minimum atomic E-state index is -0.0428. The average molecular weight is 412 g/mol. The number of rotatable bonds is 1. The molecule has 0 saturated carbocycles. The van der Waals surface area contributed by atoms with Gasteiger partial charge in [0.25, 0.3) is 0 Å². The zero-order valence-electron chi connectivity index (χ0n) is 16.0. The van der Waals surface area contributed by atoms with E-state index < -0.39 is 0 Å². The number of ether oxygens (including phenoxy) is 1. The number of halogens is 2. The molecule has 1 heterocycles. The highest BCUT2D eigenvalue weighted by Crippen LogP contribution is 2.36. The van der Waals surface area contributed by atoms with Crippen LogP contribution < -0.4 is 0 Å². The second kappa shape index (κ2) is 8.26. The monoisotopic (exact) mass is 411 g/mol. The Kier molecular flexibility index (Phi) is 5.75. The highest BCUT2D eigenvalue weighted by molar-refractivity contribution is 6.31. The summed E-state index contributed by atoms with van der Waals surface area (Å²) in [4.78, 5) is 2.33. The fourth-order valence-corrected chi connectivity index (χ4v) is 4.27. The van der Waals surface area contributed by atoms with Gasteiger partial charge in [-0.1, -0.05) is 65.7 Å². The van der Waals surface area contributed by atoms with E-state index in [1.165, 1.54) is 16.7 Å². The van der Waals surface area contributed by atoms with Crippen molar-refractivity contribution in [1.29, 1.82) is 0 Å². The summed E-state index contributed by atoms with van der Waals surface area (Å²) in [6.07, 6.45) is -0.0428. The van der Waals surface area contributed by atoms with Crippen LogP contribution in [0.25, 0.3) is 11.1 Å². The minimum Gasteiger partial charge on any atom is -0.367 e. The Bertz CT molecular complexity index is 974. The first-order chi connectivity index (χ1) is 13.5. The lowest BCUT2D eigenvalue weighted by Gasteiger charge is -2.34. The van der Waals surface area contributed by atoms with E-state index in [4.69, 9.17) is 27.9 Å². The smallest absolute Gasteiger partial charge is 0.0981 e. The molecule has 4 heteroatoms. The molecule has 0 N–H and O–H groups in total. The van der Waals surface area contributed by atoms with Gasteiger partial charge in [0.2, 0.25) is 0 Å². The average Bonchev–Trinajstić information content (AvgIpc) is 2.69. The summed E-state index contributed by atoms with van der Waals surface area (Å²) >= 11 is 12.7. The Morgan fingerprint density at radius 1 is 0.857 bits per heavy atom. The molecule has 1 unspecified atom stereocenters. The van der Waals surface area contributed by atoms with E-state index in [0.29, 0.717) is 6.61 Å². The van der Waals surface area contributed by atoms with E-state index in [2.05, 4.69) is 61.3 Å². The lowest BCUT2D eigenvalue weighted by atomic mass is 9.93. The highest BCUT2D eigenvalue weighted by atomic mass is 35.5. The number of benzene rings is 3. The van der Waals surface area contributed by atoms with Gasteiger partial charge in [0.05, 0.1) is 12.7 Å². The van der Waals surface area contributed by atoms with Crippen LogP contribution in [0.15, 0.2) is 66.7 Å². The maximum absolute atomic E-state index is 6.48. The Hall–Kier alpha value is -1.84. The lowest BCUT2D eigenvalue weighted by molar-refractivity contribution is -0.0159. The summed E-state index contributed by atoms with van der Waals surface area (Å²) in [5.74, 6) is 0. The van der Waals surface area contributed by atoms with E-state index in [-0.39, 0.29) is 12.1 Å². The van der Waals surface area contributed by atoms with Crippen molar-refractivity contribution in [3.05, 3.63) is 93.5 Å². The van der Waals surface area contributed by atoms with Crippen LogP contribution in [-0.2, 0) is 17.9 Å². The summed E-state index contributed by atoms with van der Waals surface area (Å²) < 4.78 is 6.48. The normalized spacial score (nSPS) is 20.3. The molecular formula is C24H23Cl2NO.